The van der Waals surface area contributed by atoms with Crippen LogP contribution in [-0.2, 0) is 29.7 Å². The molecule has 8 nitrogen and oxygen atoms in total. The summed E-state index contributed by atoms with van der Waals surface area (Å²) in [6.45, 7) is 4.11. The van der Waals surface area contributed by atoms with E-state index in [1.165, 1.54) is 5.69 Å². The van der Waals surface area contributed by atoms with Crippen LogP contribution in [0.25, 0.3) is 22.2 Å². The van der Waals surface area contributed by atoms with Crippen LogP contribution >= 0.6 is 0 Å². The summed E-state index contributed by atoms with van der Waals surface area (Å²) < 4.78 is 25.9. The molecule has 2 fully saturated rings. The Morgan fingerprint density at radius 3 is 2.29 bits per heavy atom. The second kappa shape index (κ2) is 11.8. The molecule has 0 spiro atoms. The first-order chi connectivity index (χ1) is 20.7. The van der Waals surface area contributed by atoms with Gasteiger partial charge in [-0.05, 0) is 41.8 Å². The molecular weight excluding hydrogens is 528 g/mol. The van der Waals surface area contributed by atoms with Gasteiger partial charge < -0.3 is 23.8 Å². The van der Waals surface area contributed by atoms with Gasteiger partial charge in [-0.15, -0.1) is 0 Å². The van der Waals surface area contributed by atoms with E-state index in [1.54, 1.807) is 0 Å². The van der Waals surface area contributed by atoms with E-state index in [2.05, 4.69) is 23.1 Å². The highest BCUT2D eigenvalue weighted by molar-refractivity contribution is 5.96. The maximum absolute atomic E-state index is 6.32. The minimum absolute atomic E-state index is 0.0801. The van der Waals surface area contributed by atoms with Gasteiger partial charge in [-0.1, -0.05) is 60.7 Å². The molecule has 0 amide bonds. The van der Waals surface area contributed by atoms with Crippen molar-refractivity contribution in [1.29, 1.82) is 0 Å². The lowest BCUT2D eigenvalue weighted by molar-refractivity contribution is -0.0772. The summed E-state index contributed by atoms with van der Waals surface area (Å²) in [4.78, 5) is 7.21. The minimum atomic E-state index is -0.0801. The van der Waals surface area contributed by atoms with Crippen LogP contribution in [0.3, 0.4) is 0 Å². The standard InChI is InChI=1S/C34H34N4O4/c1-37-30-20-27(38-17-16-26(21-38)34-39-18-19-40-34)12-13-28(30)32(36-37)29-14-15-31(41-22-24-8-4-2-5-9-24)35-33(29)42-23-25-10-6-3-7-11-25/h2-15,20,26,34H,16-19,21-23H2,1H3. The number of rotatable bonds is 9. The Morgan fingerprint density at radius 1 is 0.833 bits per heavy atom. The summed E-state index contributed by atoms with van der Waals surface area (Å²) in [6, 6.07) is 30.6. The molecule has 7 rings (SSSR count). The first-order valence-electron chi connectivity index (χ1n) is 14.5. The second-order valence-electron chi connectivity index (χ2n) is 10.8. The molecule has 2 saturated heterocycles. The van der Waals surface area contributed by atoms with E-state index < -0.39 is 0 Å². The highest BCUT2D eigenvalue weighted by atomic mass is 16.7. The fourth-order valence-electron chi connectivity index (χ4n) is 5.79. The molecule has 1 unspecified atom stereocenters. The Hall–Kier alpha value is -4.40. The van der Waals surface area contributed by atoms with Crippen LogP contribution in [0.4, 0.5) is 5.69 Å². The molecule has 2 aliphatic heterocycles. The van der Waals surface area contributed by atoms with Crippen molar-refractivity contribution in [3.8, 4) is 23.0 Å². The van der Waals surface area contributed by atoms with Gasteiger partial charge in [-0.3, -0.25) is 4.68 Å². The predicted octanol–water partition coefficient (Wildman–Crippen LogP) is 5.99. The third-order valence-electron chi connectivity index (χ3n) is 8.00. The number of aromatic nitrogens is 3. The lowest BCUT2D eigenvalue weighted by atomic mass is 10.1. The Morgan fingerprint density at radius 2 is 1.55 bits per heavy atom. The summed E-state index contributed by atoms with van der Waals surface area (Å²) >= 11 is 0. The minimum Gasteiger partial charge on any atom is -0.473 e. The number of benzene rings is 3. The predicted molar refractivity (Wildman–Crippen MR) is 162 cm³/mol. The molecular formula is C34H34N4O4. The lowest BCUT2D eigenvalue weighted by Gasteiger charge is -2.21. The van der Waals surface area contributed by atoms with Crippen molar-refractivity contribution in [2.75, 3.05) is 31.2 Å². The van der Waals surface area contributed by atoms with Crippen LogP contribution in [0.15, 0.2) is 91.0 Å². The van der Waals surface area contributed by atoms with Crippen molar-refractivity contribution in [3.05, 3.63) is 102 Å². The number of aryl methyl sites for hydroxylation is 1. The van der Waals surface area contributed by atoms with Crippen LogP contribution < -0.4 is 14.4 Å². The molecule has 0 saturated carbocycles. The van der Waals surface area contributed by atoms with Crippen molar-refractivity contribution in [3.63, 3.8) is 0 Å². The number of ether oxygens (including phenoxy) is 4. The molecule has 5 aromatic rings. The van der Waals surface area contributed by atoms with Gasteiger partial charge >= 0.3 is 0 Å². The third kappa shape index (κ3) is 5.55. The van der Waals surface area contributed by atoms with Gasteiger partial charge in [0.05, 0.1) is 24.3 Å². The third-order valence-corrected chi connectivity index (χ3v) is 8.00. The van der Waals surface area contributed by atoms with Gasteiger partial charge in [0.1, 0.15) is 18.9 Å². The van der Waals surface area contributed by atoms with Gasteiger partial charge in [0.2, 0.25) is 11.8 Å². The number of anilines is 1. The Balaban J connectivity index is 1.17. The maximum Gasteiger partial charge on any atom is 0.226 e. The zero-order valence-electron chi connectivity index (χ0n) is 23.7. The van der Waals surface area contributed by atoms with Crippen molar-refractivity contribution in [2.45, 2.75) is 25.9 Å². The van der Waals surface area contributed by atoms with Gasteiger partial charge in [0.25, 0.3) is 0 Å². The monoisotopic (exact) mass is 562 g/mol. The van der Waals surface area contributed by atoms with Crippen LogP contribution in [0.2, 0.25) is 0 Å². The summed E-state index contributed by atoms with van der Waals surface area (Å²) in [7, 11) is 1.98. The quantitative estimate of drug-likeness (QED) is 0.218. The van der Waals surface area contributed by atoms with Crippen LogP contribution in [0.5, 0.6) is 11.8 Å². The van der Waals surface area contributed by atoms with Gasteiger partial charge in [0, 0.05) is 43.2 Å². The number of hydrogen-bond acceptors (Lipinski definition) is 7. The highest BCUT2D eigenvalue weighted by Crippen LogP contribution is 2.37. The average molecular weight is 563 g/mol. The smallest absolute Gasteiger partial charge is 0.226 e. The number of fused-ring (bicyclic) bond motifs is 1. The first kappa shape index (κ1) is 26.5. The lowest BCUT2D eigenvalue weighted by Crippen LogP contribution is -2.26. The van der Waals surface area contributed by atoms with E-state index in [0.29, 0.717) is 44.1 Å². The number of nitrogens with zero attached hydrogens (tertiary/aromatic N) is 4. The molecule has 0 aliphatic carbocycles. The Kier molecular flexibility index (Phi) is 7.47. The Labute approximate surface area is 245 Å². The van der Waals surface area contributed by atoms with Crippen molar-refractivity contribution < 1.29 is 18.9 Å². The van der Waals surface area contributed by atoms with E-state index in [-0.39, 0.29) is 6.29 Å². The van der Waals surface area contributed by atoms with E-state index >= 15 is 0 Å². The first-order valence-corrected chi connectivity index (χ1v) is 14.5. The van der Waals surface area contributed by atoms with E-state index in [0.717, 1.165) is 52.8 Å². The molecule has 0 bridgehead atoms. The average Bonchev–Trinajstić information content (AvgIpc) is 3.81. The van der Waals surface area contributed by atoms with Crippen molar-refractivity contribution in [1.82, 2.24) is 14.8 Å². The summed E-state index contributed by atoms with van der Waals surface area (Å²) in [5, 5.41) is 5.99. The topological polar surface area (TPSA) is 70.9 Å². The molecule has 42 heavy (non-hydrogen) atoms. The summed E-state index contributed by atoms with van der Waals surface area (Å²) in [5.74, 6) is 1.39. The fourth-order valence-corrected chi connectivity index (χ4v) is 5.79. The van der Waals surface area contributed by atoms with Gasteiger partial charge in [-0.25, -0.2) is 0 Å². The molecule has 4 heterocycles. The number of pyridine rings is 1. The van der Waals surface area contributed by atoms with Crippen LogP contribution in [0.1, 0.15) is 17.5 Å². The molecule has 8 heteroatoms. The van der Waals surface area contributed by atoms with Crippen LogP contribution in [0, 0.1) is 5.92 Å². The molecule has 1 atom stereocenters. The molecule has 3 aromatic carbocycles. The normalized spacial score (nSPS) is 17.3. The zero-order valence-corrected chi connectivity index (χ0v) is 23.7. The maximum atomic E-state index is 6.32. The SMILES string of the molecule is Cn1nc(-c2ccc(OCc3ccccc3)nc2OCc2ccccc2)c2ccc(N3CCC(C4OCCO4)C3)cc21. The van der Waals surface area contributed by atoms with Crippen LogP contribution in [-0.4, -0.2) is 47.4 Å². The summed E-state index contributed by atoms with van der Waals surface area (Å²) in [6.07, 6.45) is 0.981. The summed E-state index contributed by atoms with van der Waals surface area (Å²) in [5.41, 5.74) is 6.03. The molecule has 0 radical (unpaired) electrons. The fraction of sp³-hybridized carbons (Fsp3) is 0.294. The molecule has 0 N–H and O–H groups in total. The van der Waals surface area contributed by atoms with Crippen molar-refractivity contribution in [2.24, 2.45) is 13.0 Å². The Bertz CT molecular complexity index is 1650. The van der Waals surface area contributed by atoms with Crippen molar-refractivity contribution >= 4 is 16.6 Å². The highest BCUT2D eigenvalue weighted by Gasteiger charge is 2.33. The number of hydrogen-bond donors (Lipinski definition) is 0. The molecule has 2 aromatic heterocycles. The van der Waals surface area contributed by atoms with E-state index in [4.69, 9.17) is 29.0 Å². The van der Waals surface area contributed by atoms with Gasteiger partial charge in [0.15, 0.2) is 6.29 Å². The molecule has 214 valence electrons. The van der Waals surface area contributed by atoms with E-state index in [9.17, 15) is 0 Å². The molecule has 2 aliphatic rings. The van der Waals surface area contributed by atoms with E-state index in [1.807, 2.05) is 84.5 Å². The second-order valence-corrected chi connectivity index (χ2v) is 10.8. The zero-order chi connectivity index (χ0) is 28.3. The largest absolute Gasteiger partial charge is 0.473 e. The van der Waals surface area contributed by atoms with Gasteiger partial charge in [-0.2, -0.15) is 10.1 Å².